The molecular formula is C46H38BrF2N13O8. The van der Waals surface area contributed by atoms with Gasteiger partial charge in [0.15, 0.2) is 22.5 Å². The summed E-state index contributed by atoms with van der Waals surface area (Å²) < 4.78 is 52.1. The maximum atomic E-state index is 14.3. The molecule has 2 amide bonds. The Bertz CT molecular complexity index is 3130. The Morgan fingerprint density at radius 2 is 1.11 bits per heavy atom. The number of aromatic nitrogens is 10. The smallest absolute Gasteiger partial charge is 0.326 e. The Morgan fingerprint density at radius 3 is 1.56 bits per heavy atom. The number of hydrogen-bond acceptors (Lipinski definition) is 17. The van der Waals surface area contributed by atoms with Crippen LogP contribution < -0.4 is 16.4 Å². The van der Waals surface area contributed by atoms with Crippen molar-refractivity contribution in [1.29, 1.82) is 0 Å². The first kappa shape index (κ1) is 46.6. The van der Waals surface area contributed by atoms with Gasteiger partial charge in [-0.1, -0.05) is 46.7 Å². The summed E-state index contributed by atoms with van der Waals surface area (Å²) in [4.78, 5) is 68.3. The number of anilines is 3. The highest BCUT2D eigenvalue weighted by molar-refractivity contribution is 9.10. The third kappa shape index (κ3) is 8.20. The van der Waals surface area contributed by atoms with Crippen molar-refractivity contribution in [3.8, 4) is 45.8 Å². The zero-order valence-electron chi connectivity index (χ0n) is 37.4. The molecule has 0 bridgehead atoms. The lowest BCUT2D eigenvalue weighted by atomic mass is 9.84. The Kier molecular flexibility index (Phi) is 12.3. The number of hydrogen-bond donors (Lipinski definition) is 3. The van der Waals surface area contributed by atoms with Crippen LogP contribution in [0.15, 0.2) is 99.0 Å². The zero-order valence-corrected chi connectivity index (χ0v) is 38.9. The quantitative estimate of drug-likeness (QED) is 0.0692. The van der Waals surface area contributed by atoms with Gasteiger partial charge in [0.25, 0.3) is 0 Å². The molecule has 356 valence electrons. The van der Waals surface area contributed by atoms with Crippen molar-refractivity contribution in [2.75, 3.05) is 29.6 Å². The van der Waals surface area contributed by atoms with Crippen LogP contribution in [0.2, 0.25) is 0 Å². The van der Waals surface area contributed by atoms with Crippen LogP contribution in [-0.4, -0.2) is 86.8 Å². The number of amides is 2. The molecule has 24 heteroatoms. The summed E-state index contributed by atoms with van der Waals surface area (Å²) in [5.74, 6) is -2.88. The van der Waals surface area contributed by atoms with E-state index in [2.05, 4.69) is 67.0 Å². The third-order valence-corrected chi connectivity index (χ3v) is 12.1. The number of esters is 2. The number of fused-ring (bicyclic) bond motifs is 2. The number of carbonyl (C=O) groups excluding carboxylic acids is 4. The fourth-order valence-electron chi connectivity index (χ4n) is 7.86. The van der Waals surface area contributed by atoms with Gasteiger partial charge in [-0.15, -0.1) is 0 Å². The van der Waals surface area contributed by atoms with E-state index < -0.39 is 34.6 Å². The summed E-state index contributed by atoms with van der Waals surface area (Å²) in [5.41, 5.74) is 6.89. The van der Waals surface area contributed by atoms with Gasteiger partial charge in [-0.25, -0.2) is 28.7 Å². The van der Waals surface area contributed by atoms with Crippen LogP contribution in [0, 0.1) is 11.6 Å². The van der Waals surface area contributed by atoms with Crippen molar-refractivity contribution < 1.29 is 46.5 Å². The molecule has 2 aliphatic rings. The number of ether oxygens (including phenoxy) is 2. The molecule has 70 heavy (non-hydrogen) atoms. The first-order valence-electron chi connectivity index (χ1n) is 21.3. The van der Waals surface area contributed by atoms with Crippen molar-refractivity contribution >= 4 is 57.1 Å². The number of carbonyl (C=O) groups is 4. The highest BCUT2D eigenvalue weighted by Gasteiger charge is 2.54. The topological polar surface area (TPSA) is 276 Å². The van der Waals surface area contributed by atoms with E-state index in [0.29, 0.717) is 45.3 Å². The molecule has 2 unspecified atom stereocenters. The van der Waals surface area contributed by atoms with E-state index in [1.165, 1.54) is 38.5 Å². The summed E-state index contributed by atoms with van der Waals surface area (Å²) >= 11 is 3.38. The standard InChI is InChI=1S/C23H18BrFN6O4.C23H20FN7O4/c1-3-34-22(33)23(2)17-18(24)26-19(27-20(17)28-21(23)32)15-10-16(14-8-9-35-30-14)31(29-15)11-12-6-4-5-7-13(12)25;1-3-34-22(33)23(2)17-18(25)26-19(27-20(17)28-21(23)32)15-10-16(14-8-9-35-30-14)31(29-15)11-12-6-4-5-7-13(12)24/h4-10H,3,11H2,1-2H3,(H,26,27,28,32);4-10H,3,11H2,1-2H3,(H3,25,26,27,28,32). The van der Waals surface area contributed by atoms with Crippen LogP contribution >= 0.6 is 15.9 Å². The van der Waals surface area contributed by atoms with Crippen LogP contribution in [0.4, 0.5) is 26.2 Å². The maximum Gasteiger partial charge on any atom is 0.326 e. The second-order valence-corrected chi connectivity index (χ2v) is 16.7. The normalized spacial score (nSPS) is 16.7. The van der Waals surface area contributed by atoms with Gasteiger partial charge in [0, 0.05) is 23.3 Å². The van der Waals surface area contributed by atoms with E-state index in [4.69, 9.17) is 24.3 Å². The van der Waals surface area contributed by atoms with Gasteiger partial charge in [-0.3, -0.25) is 28.5 Å². The molecule has 4 N–H and O–H groups in total. The molecular weight excluding hydrogens is 980 g/mol. The first-order valence-corrected chi connectivity index (χ1v) is 22.1. The van der Waals surface area contributed by atoms with Crippen LogP contribution in [-0.2, 0) is 52.6 Å². The van der Waals surface area contributed by atoms with Crippen molar-refractivity contribution in [3.63, 3.8) is 0 Å². The molecule has 0 saturated carbocycles. The SMILES string of the molecule is CCOC(=O)C1(C)C(=O)Nc2nc(-c3cc(-c4ccon4)n(Cc4ccccc4F)n3)nc(Br)c21.CCOC(=O)C1(C)C(=O)Nc2nc(-c3cc(-c4ccon4)n(Cc4ccccc4F)n3)nc(N)c21. The van der Waals surface area contributed by atoms with Gasteiger partial charge in [0.2, 0.25) is 11.8 Å². The first-order chi connectivity index (χ1) is 33.6. The van der Waals surface area contributed by atoms with Crippen molar-refractivity contribution in [2.24, 2.45) is 0 Å². The van der Waals surface area contributed by atoms with Gasteiger partial charge in [0.1, 0.15) is 69.0 Å². The average molecular weight is 1020 g/mol. The molecule has 6 aromatic heterocycles. The highest BCUT2D eigenvalue weighted by atomic mass is 79.9. The van der Waals surface area contributed by atoms with E-state index in [9.17, 15) is 28.0 Å². The minimum Gasteiger partial charge on any atom is -0.465 e. The lowest BCUT2D eigenvalue weighted by Crippen LogP contribution is -2.41. The Morgan fingerprint density at radius 1 is 0.671 bits per heavy atom. The van der Waals surface area contributed by atoms with Crippen molar-refractivity contribution in [2.45, 2.75) is 51.6 Å². The van der Waals surface area contributed by atoms with Crippen molar-refractivity contribution in [3.05, 3.63) is 124 Å². The minimum atomic E-state index is -1.68. The predicted octanol–water partition coefficient (Wildman–Crippen LogP) is 6.26. The molecule has 0 radical (unpaired) electrons. The number of nitrogen functional groups attached to an aromatic ring is 1. The molecule has 0 saturated heterocycles. The summed E-state index contributed by atoms with van der Waals surface area (Å²) in [6.07, 6.45) is 2.83. The van der Waals surface area contributed by atoms with Crippen LogP contribution in [0.25, 0.3) is 45.8 Å². The van der Waals surface area contributed by atoms with Crippen LogP contribution in [0.1, 0.15) is 49.9 Å². The van der Waals surface area contributed by atoms with Crippen molar-refractivity contribution in [1.82, 2.24) is 49.8 Å². The fraction of sp³-hybridized carbons (Fsp3) is 0.217. The molecule has 8 aromatic rings. The van der Waals surface area contributed by atoms with E-state index in [0.717, 1.165) is 0 Å². The highest BCUT2D eigenvalue weighted by Crippen LogP contribution is 2.44. The zero-order chi connectivity index (χ0) is 49.5. The Hall–Kier alpha value is -8.54. The number of halogens is 3. The second-order valence-electron chi connectivity index (χ2n) is 15.9. The van der Waals surface area contributed by atoms with E-state index >= 15 is 0 Å². The summed E-state index contributed by atoms with van der Waals surface area (Å²) in [7, 11) is 0. The van der Waals surface area contributed by atoms with Gasteiger partial charge in [-0.05, 0) is 67.9 Å². The van der Waals surface area contributed by atoms with Gasteiger partial charge >= 0.3 is 11.9 Å². The summed E-state index contributed by atoms with van der Waals surface area (Å²) in [6, 6.07) is 19.4. The van der Waals surface area contributed by atoms with Crippen LogP contribution in [0.3, 0.4) is 0 Å². The Labute approximate surface area is 402 Å². The number of nitrogens with two attached hydrogens (primary N) is 1. The molecule has 0 fully saturated rings. The Balaban J connectivity index is 0.000000174. The molecule has 2 aliphatic heterocycles. The van der Waals surface area contributed by atoms with E-state index in [1.807, 2.05) is 0 Å². The van der Waals surface area contributed by atoms with Gasteiger partial charge < -0.3 is 34.9 Å². The maximum absolute atomic E-state index is 14.3. The number of nitrogens with zero attached hydrogens (tertiary/aromatic N) is 10. The molecule has 10 rings (SSSR count). The fourth-order valence-corrected chi connectivity index (χ4v) is 8.61. The number of nitrogens with one attached hydrogen (secondary N) is 2. The average Bonchev–Trinajstić information content (AvgIpc) is 4.21. The third-order valence-electron chi connectivity index (χ3n) is 11.5. The van der Waals surface area contributed by atoms with Gasteiger partial charge in [-0.2, -0.15) is 10.2 Å². The lowest BCUT2D eigenvalue weighted by molar-refractivity contribution is -0.153. The molecule has 8 heterocycles. The van der Waals surface area contributed by atoms with E-state index in [-0.39, 0.29) is 82.8 Å². The minimum absolute atomic E-state index is 0.0643. The molecule has 0 aliphatic carbocycles. The molecule has 2 aromatic carbocycles. The lowest BCUT2D eigenvalue weighted by Gasteiger charge is -2.20. The summed E-state index contributed by atoms with van der Waals surface area (Å²) in [6.45, 7) is 6.63. The van der Waals surface area contributed by atoms with Crippen LogP contribution in [0.5, 0.6) is 0 Å². The summed E-state index contributed by atoms with van der Waals surface area (Å²) in [5, 5.41) is 22.3. The monoisotopic (exact) mass is 1020 g/mol. The van der Waals surface area contributed by atoms with E-state index in [1.54, 1.807) is 83.9 Å². The second kappa shape index (κ2) is 18.5. The van der Waals surface area contributed by atoms with Gasteiger partial charge in [0.05, 0.1) is 48.8 Å². The predicted molar refractivity (Wildman–Crippen MR) is 246 cm³/mol. The molecule has 0 spiro atoms. The number of rotatable bonds is 12. The molecule has 2 atom stereocenters. The number of benzene rings is 2. The largest absolute Gasteiger partial charge is 0.465 e. The molecule has 21 nitrogen and oxygen atoms in total.